The molecule has 0 bridgehead atoms. The van der Waals surface area contributed by atoms with Crippen LogP contribution in [0.3, 0.4) is 0 Å². The Hall–Kier alpha value is -2.84. The van der Waals surface area contributed by atoms with E-state index in [1.54, 1.807) is 20.0 Å². The zero-order valence-electron chi connectivity index (χ0n) is 13.0. The lowest BCUT2D eigenvalue weighted by molar-refractivity contribution is -0.143. The number of aryl methyl sites for hydroxylation is 2. The number of carbonyl (C=O) groups excluding carboxylic acids is 1. The number of rotatable bonds is 4. The average molecular weight is 320 g/mol. The fraction of sp³-hybridized carbons (Fsp3) is 0.429. The molecule has 3 rings (SSSR count). The van der Waals surface area contributed by atoms with Gasteiger partial charge in [0.1, 0.15) is 5.76 Å². The Morgan fingerprint density at radius 1 is 1.39 bits per heavy atom. The van der Waals surface area contributed by atoms with Crippen molar-refractivity contribution < 1.29 is 13.9 Å². The number of aromatic nitrogens is 4. The molecule has 23 heavy (non-hydrogen) atoms. The summed E-state index contributed by atoms with van der Waals surface area (Å²) >= 11 is 0. The fourth-order valence-electron chi connectivity index (χ4n) is 2.50. The molecule has 3 aromatic rings. The van der Waals surface area contributed by atoms with E-state index >= 15 is 0 Å². The Kier molecular flexibility index (Phi) is 3.55. The molecule has 9 heteroatoms. The standard InChI is InChI=1S/C14H16N4O5/c1-4-22-9(19)5-6-17-12(20)10-11(16(3)14(17)21)15-13-18(10)7-8(2)23-13/h7H,4-6H2,1-3H3. The fourth-order valence-corrected chi connectivity index (χ4v) is 2.50. The minimum atomic E-state index is -0.538. The van der Waals surface area contributed by atoms with Crippen molar-refractivity contribution in [3.63, 3.8) is 0 Å². The van der Waals surface area contributed by atoms with Gasteiger partial charge in [0.05, 0.1) is 19.2 Å². The number of carbonyl (C=O) groups is 1. The van der Waals surface area contributed by atoms with Crippen LogP contribution >= 0.6 is 0 Å². The number of nitrogens with zero attached hydrogens (tertiary/aromatic N) is 4. The molecular weight excluding hydrogens is 304 g/mol. The quantitative estimate of drug-likeness (QED) is 0.637. The molecule has 3 aromatic heterocycles. The molecule has 0 atom stereocenters. The normalized spacial score (nSPS) is 11.4. The highest BCUT2D eigenvalue weighted by molar-refractivity contribution is 5.74. The lowest BCUT2D eigenvalue weighted by Crippen LogP contribution is -2.39. The summed E-state index contributed by atoms with van der Waals surface area (Å²) in [5.41, 5.74) is -0.570. The maximum atomic E-state index is 12.7. The number of hydrogen-bond acceptors (Lipinski definition) is 6. The van der Waals surface area contributed by atoms with Gasteiger partial charge in [0.25, 0.3) is 5.56 Å². The number of esters is 1. The first-order valence-electron chi connectivity index (χ1n) is 7.17. The molecule has 9 nitrogen and oxygen atoms in total. The third-order valence-electron chi connectivity index (χ3n) is 3.55. The second-order valence-electron chi connectivity index (χ2n) is 5.13. The number of imidazole rings is 1. The summed E-state index contributed by atoms with van der Waals surface area (Å²) in [4.78, 5) is 40.6. The van der Waals surface area contributed by atoms with Crippen LogP contribution in [-0.2, 0) is 23.1 Å². The van der Waals surface area contributed by atoms with Gasteiger partial charge in [0, 0.05) is 13.6 Å². The minimum Gasteiger partial charge on any atom is -0.466 e. The summed E-state index contributed by atoms with van der Waals surface area (Å²) < 4.78 is 14.0. The van der Waals surface area contributed by atoms with Gasteiger partial charge in [-0.2, -0.15) is 4.98 Å². The molecule has 0 aromatic carbocycles. The van der Waals surface area contributed by atoms with Crippen molar-refractivity contribution in [2.24, 2.45) is 7.05 Å². The molecule has 0 aliphatic rings. The lowest BCUT2D eigenvalue weighted by Gasteiger charge is -2.07. The van der Waals surface area contributed by atoms with E-state index < -0.39 is 17.2 Å². The van der Waals surface area contributed by atoms with Gasteiger partial charge in [-0.05, 0) is 13.8 Å². The van der Waals surface area contributed by atoms with Crippen LogP contribution in [0.1, 0.15) is 19.1 Å². The summed E-state index contributed by atoms with van der Waals surface area (Å²) in [5, 5.41) is 0. The predicted molar refractivity (Wildman–Crippen MR) is 80.5 cm³/mol. The van der Waals surface area contributed by atoms with E-state index in [0.29, 0.717) is 5.76 Å². The molecule has 122 valence electrons. The summed E-state index contributed by atoms with van der Waals surface area (Å²) in [6.45, 7) is 3.63. The van der Waals surface area contributed by atoms with E-state index in [-0.39, 0.29) is 36.6 Å². The molecule has 0 aliphatic carbocycles. The molecule has 0 fully saturated rings. The van der Waals surface area contributed by atoms with Crippen molar-refractivity contribution in [2.75, 3.05) is 6.61 Å². The maximum absolute atomic E-state index is 12.7. The van der Waals surface area contributed by atoms with Gasteiger partial charge in [-0.1, -0.05) is 0 Å². The second kappa shape index (κ2) is 5.41. The van der Waals surface area contributed by atoms with Crippen molar-refractivity contribution in [2.45, 2.75) is 26.8 Å². The Labute approximate surface area is 129 Å². The van der Waals surface area contributed by atoms with E-state index in [1.165, 1.54) is 16.0 Å². The van der Waals surface area contributed by atoms with Gasteiger partial charge in [-0.25, -0.2) is 4.79 Å². The third kappa shape index (κ3) is 2.33. The smallest absolute Gasteiger partial charge is 0.332 e. The Balaban J connectivity index is 2.18. The van der Waals surface area contributed by atoms with E-state index in [0.717, 1.165) is 4.57 Å². The molecule has 0 spiro atoms. The van der Waals surface area contributed by atoms with Gasteiger partial charge >= 0.3 is 17.5 Å². The van der Waals surface area contributed by atoms with Crippen molar-refractivity contribution >= 4 is 23.0 Å². The van der Waals surface area contributed by atoms with Crippen LogP contribution in [0.2, 0.25) is 0 Å². The first kappa shape index (κ1) is 15.1. The van der Waals surface area contributed by atoms with E-state index in [1.807, 2.05) is 0 Å². The van der Waals surface area contributed by atoms with Crippen molar-refractivity contribution in [1.82, 2.24) is 18.5 Å². The molecule has 0 saturated heterocycles. The summed E-state index contributed by atoms with van der Waals surface area (Å²) in [6, 6.07) is 0. The number of fused-ring (bicyclic) bond motifs is 3. The highest BCUT2D eigenvalue weighted by Gasteiger charge is 2.19. The highest BCUT2D eigenvalue weighted by atomic mass is 16.5. The maximum Gasteiger partial charge on any atom is 0.332 e. The number of ether oxygens (including phenoxy) is 1. The Morgan fingerprint density at radius 3 is 2.83 bits per heavy atom. The lowest BCUT2D eigenvalue weighted by atomic mass is 10.4. The van der Waals surface area contributed by atoms with E-state index in [2.05, 4.69) is 4.98 Å². The first-order valence-corrected chi connectivity index (χ1v) is 7.17. The third-order valence-corrected chi connectivity index (χ3v) is 3.55. The highest BCUT2D eigenvalue weighted by Crippen LogP contribution is 2.14. The van der Waals surface area contributed by atoms with Crippen LogP contribution in [0.25, 0.3) is 17.0 Å². The molecule has 3 heterocycles. The average Bonchev–Trinajstić information content (AvgIpc) is 3.01. The van der Waals surface area contributed by atoms with Crippen LogP contribution in [0, 0.1) is 6.92 Å². The van der Waals surface area contributed by atoms with Crippen molar-refractivity contribution in [3.05, 3.63) is 32.8 Å². The molecule has 0 saturated carbocycles. The van der Waals surface area contributed by atoms with Gasteiger partial charge < -0.3 is 9.15 Å². The van der Waals surface area contributed by atoms with E-state index in [9.17, 15) is 14.4 Å². The van der Waals surface area contributed by atoms with Crippen LogP contribution in [-0.4, -0.2) is 31.1 Å². The number of hydrogen-bond donors (Lipinski definition) is 0. The molecule has 0 radical (unpaired) electrons. The molecule has 0 aliphatic heterocycles. The summed E-state index contributed by atoms with van der Waals surface area (Å²) in [5.74, 6) is 0.382. The van der Waals surface area contributed by atoms with Crippen molar-refractivity contribution in [1.29, 1.82) is 0 Å². The second-order valence-corrected chi connectivity index (χ2v) is 5.13. The molecule has 0 N–H and O–H groups in total. The molecule has 0 amide bonds. The predicted octanol–water partition coefficient (Wildman–Crippen LogP) is 0.203. The molecule has 0 unspecified atom stereocenters. The number of oxazole rings is 1. The monoisotopic (exact) mass is 320 g/mol. The minimum absolute atomic E-state index is 0.0512. The summed E-state index contributed by atoms with van der Waals surface area (Å²) in [6.07, 6.45) is 1.58. The van der Waals surface area contributed by atoms with Crippen LogP contribution < -0.4 is 11.2 Å². The molecular formula is C14H16N4O5. The van der Waals surface area contributed by atoms with Gasteiger partial charge in [-0.3, -0.25) is 23.1 Å². The van der Waals surface area contributed by atoms with Gasteiger partial charge in [-0.15, -0.1) is 0 Å². The summed E-state index contributed by atoms with van der Waals surface area (Å²) in [7, 11) is 1.52. The van der Waals surface area contributed by atoms with Crippen LogP contribution in [0.15, 0.2) is 20.2 Å². The van der Waals surface area contributed by atoms with Crippen LogP contribution in [0.5, 0.6) is 0 Å². The largest absolute Gasteiger partial charge is 0.466 e. The zero-order chi connectivity index (χ0) is 16.7. The van der Waals surface area contributed by atoms with Gasteiger partial charge in [0.2, 0.25) is 0 Å². The topological polar surface area (TPSA) is 101 Å². The Morgan fingerprint density at radius 2 is 2.13 bits per heavy atom. The zero-order valence-corrected chi connectivity index (χ0v) is 13.0. The SMILES string of the molecule is CCOC(=O)CCn1c(=O)c2c(nc3oc(C)cn32)n(C)c1=O. The van der Waals surface area contributed by atoms with Crippen molar-refractivity contribution in [3.8, 4) is 0 Å². The first-order chi connectivity index (χ1) is 10.9. The van der Waals surface area contributed by atoms with E-state index in [4.69, 9.17) is 9.15 Å². The van der Waals surface area contributed by atoms with Gasteiger partial charge in [0.15, 0.2) is 11.2 Å². The Bertz CT molecular complexity index is 1020. The van der Waals surface area contributed by atoms with Crippen LogP contribution in [0.4, 0.5) is 0 Å².